The molecule has 1 heterocycles. The van der Waals surface area contributed by atoms with Gasteiger partial charge in [0.1, 0.15) is 0 Å². The Morgan fingerprint density at radius 3 is 1.93 bits per heavy atom. The summed E-state index contributed by atoms with van der Waals surface area (Å²) in [5, 5.41) is 0. The van der Waals surface area contributed by atoms with Gasteiger partial charge in [-0.1, -0.05) is 76.5 Å². The fourth-order valence-electron chi connectivity index (χ4n) is 3.85. The first kappa shape index (κ1) is 23.5. The quantitative estimate of drug-likeness (QED) is 0.188. The monoisotopic (exact) mass is 413 g/mol. The molecule has 0 spiro atoms. The summed E-state index contributed by atoms with van der Waals surface area (Å²) in [6.45, 7) is 5.77. The number of rotatable bonds is 11. The predicted molar refractivity (Wildman–Crippen MR) is 125 cm³/mol. The zero-order valence-corrected chi connectivity index (χ0v) is 19.1. The molecule has 0 bridgehead atoms. The molecule has 29 heavy (non-hydrogen) atoms. The summed E-state index contributed by atoms with van der Waals surface area (Å²) in [5.41, 5.74) is 2.71. The topological polar surface area (TPSA) is 37.4 Å². The van der Waals surface area contributed by atoms with Gasteiger partial charge in [-0.15, -0.1) is 12.6 Å². The minimum atomic E-state index is -0.290. The van der Waals surface area contributed by atoms with Gasteiger partial charge in [-0.25, -0.2) is 4.90 Å². The molecule has 0 N–H and O–H groups in total. The Morgan fingerprint density at radius 2 is 1.45 bits per heavy atom. The van der Waals surface area contributed by atoms with Crippen molar-refractivity contribution >= 4 is 30.1 Å². The summed E-state index contributed by atoms with van der Waals surface area (Å²) in [6, 6.07) is 7.82. The van der Waals surface area contributed by atoms with E-state index in [1.54, 1.807) is 19.9 Å². The first-order chi connectivity index (χ1) is 14.0. The van der Waals surface area contributed by atoms with E-state index >= 15 is 0 Å². The highest BCUT2D eigenvalue weighted by Crippen LogP contribution is 2.33. The molecule has 1 fully saturated rings. The van der Waals surface area contributed by atoms with Crippen molar-refractivity contribution in [2.24, 2.45) is 0 Å². The van der Waals surface area contributed by atoms with Crippen molar-refractivity contribution in [1.82, 2.24) is 0 Å². The first-order valence-corrected chi connectivity index (χ1v) is 11.5. The average Bonchev–Trinajstić information content (AvgIpc) is 2.97. The van der Waals surface area contributed by atoms with Crippen molar-refractivity contribution in [2.45, 2.75) is 85.0 Å². The van der Waals surface area contributed by atoms with Crippen molar-refractivity contribution in [3.63, 3.8) is 0 Å². The predicted octanol–water partition coefficient (Wildman–Crippen LogP) is 6.78. The second-order valence-corrected chi connectivity index (χ2v) is 8.52. The molecule has 3 nitrogen and oxygen atoms in total. The molecule has 1 aliphatic rings. The lowest BCUT2D eigenvalue weighted by Gasteiger charge is -2.14. The van der Waals surface area contributed by atoms with Crippen molar-refractivity contribution in [3.05, 3.63) is 52.0 Å². The molecule has 158 valence electrons. The van der Waals surface area contributed by atoms with Gasteiger partial charge in [0.05, 0.1) is 11.3 Å². The number of amides is 2. The molecule has 1 saturated heterocycles. The molecule has 2 amide bonds. The Kier molecular flexibility index (Phi) is 9.72. The van der Waals surface area contributed by atoms with Gasteiger partial charge in [0.25, 0.3) is 11.8 Å². The third-order valence-corrected chi connectivity index (χ3v) is 5.76. The highest BCUT2D eigenvalue weighted by Gasteiger charge is 2.40. The number of hydrogen-bond acceptors (Lipinski definition) is 3. The zero-order valence-electron chi connectivity index (χ0n) is 18.2. The van der Waals surface area contributed by atoms with E-state index in [4.69, 9.17) is 0 Å². The third-order valence-electron chi connectivity index (χ3n) is 5.53. The maximum absolute atomic E-state index is 12.7. The van der Waals surface area contributed by atoms with Crippen LogP contribution < -0.4 is 4.90 Å². The molecule has 1 aliphatic heterocycles. The van der Waals surface area contributed by atoms with Crippen LogP contribution in [0.2, 0.25) is 0 Å². The van der Waals surface area contributed by atoms with Crippen LogP contribution >= 0.6 is 12.6 Å². The Bertz CT molecular complexity index is 758. The van der Waals surface area contributed by atoms with Gasteiger partial charge in [0.15, 0.2) is 0 Å². The number of allylic oxidation sites excluding steroid dienone is 2. The van der Waals surface area contributed by atoms with Crippen LogP contribution in [0.4, 0.5) is 5.69 Å². The summed E-state index contributed by atoms with van der Waals surface area (Å²) in [4.78, 5) is 27.2. The molecule has 1 aromatic carbocycles. The lowest BCUT2D eigenvalue weighted by Crippen LogP contribution is -2.29. The Morgan fingerprint density at radius 1 is 0.897 bits per heavy atom. The maximum Gasteiger partial charge on any atom is 0.266 e. The molecule has 0 atom stereocenters. The largest absolute Gasteiger partial charge is 0.268 e. The highest BCUT2D eigenvalue weighted by atomic mass is 32.1. The molecule has 1 aromatic rings. The second kappa shape index (κ2) is 12.0. The summed E-state index contributed by atoms with van der Waals surface area (Å²) in [5.74, 6) is -0.560. The van der Waals surface area contributed by atoms with Crippen molar-refractivity contribution in [1.29, 1.82) is 0 Å². The van der Waals surface area contributed by atoms with Crippen LogP contribution in [0.1, 0.15) is 84.1 Å². The Balaban J connectivity index is 1.84. The average molecular weight is 414 g/mol. The van der Waals surface area contributed by atoms with Gasteiger partial charge in [0, 0.05) is 5.57 Å². The number of carbonyl (C=O) groups is 2. The maximum atomic E-state index is 12.7. The van der Waals surface area contributed by atoms with Crippen LogP contribution in [0.15, 0.2) is 46.4 Å². The number of imide groups is 1. The van der Waals surface area contributed by atoms with E-state index in [2.05, 4.69) is 19.6 Å². The van der Waals surface area contributed by atoms with Crippen LogP contribution in [0.3, 0.4) is 0 Å². The van der Waals surface area contributed by atoms with E-state index in [0.717, 1.165) is 6.42 Å². The summed E-state index contributed by atoms with van der Waals surface area (Å²) in [6.07, 6.45) is 14.6. The number of aryl methyl sites for hydroxylation is 1. The van der Waals surface area contributed by atoms with Gasteiger partial charge >= 0.3 is 0 Å². The number of nitrogens with zero attached hydrogens (tertiary/aromatic N) is 1. The van der Waals surface area contributed by atoms with E-state index in [9.17, 15) is 9.59 Å². The first-order valence-electron chi connectivity index (χ1n) is 11.1. The number of anilines is 1. The second-order valence-electron chi connectivity index (χ2n) is 7.85. The molecular formula is C25H35NO2S. The minimum Gasteiger partial charge on any atom is -0.268 e. The Hall–Kier alpha value is -1.81. The molecule has 0 aromatic heterocycles. The Labute approximate surface area is 181 Å². The fourth-order valence-corrected chi connectivity index (χ4v) is 4.07. The normalized spacial score (nSPS) is 17.5. The van der Waals surface area contributed by atoms with E-state index in [-0.39, 0.29) is 11.8 Å². The summed E-state index contributed by atoms with van der Waals surface area (Å²) < 4.78 is 0. The van der Waals surface area contributed by atoms with Gasteiger partial charge in [-0.05, 0) is 49.3 Å². The summed E-state index contributed by atoms with van der Waals surface area (Å²) in [7, 11) is 0. The van der Waals surface area contributed by atoms with Crippen LogP contribution in [-0.4, -0.2) is 11.8 Å². The van der Waals surface area contributed by atoms with Crippen molar-refractivity contribution in [3.8, 4) is 0 Å². The van der Waals surface area contributed by atoms with E-state index < -0.39 is 0 Å². The molecule has 0 unspecified atom stereocenters. The molecule has 4 heteroatoms. The lowest BCUT2D eigenvalue weighted by atomic mass is 10.0. The number of unbranched alkanes of at least 4 members (excludes halogenated alkanes) is 8. The van der Waals surface area contributed by atoms with Crippen LogP contribution in [0.25, 0.3) is 0 Å². The molecule has 0 radical (unpaired) electrons. The van der Waals surface area contributed by atoms with E-state index in [1.807, 2.05) is 24.3 Å². The lowest BCUT2D eigenvalue weighted by molar-refractivity contribution is -0.119. The molecule has 2 rings (SSSR count). The van der Waals surface area contributed by atoms with Crippen molar-refractivity contribution < 1.29 is 9.59 Å². The molecular weight excluding hydrogens is 378 g/mol. The number of hydrogen-bond donors (Lipinski definition) is 1. The standard InChI is InChI=1S/C25H35NO2S/c1-4-6-7-8-9-10-11-12-13-14-20-15-17-21(18-16-20)26-24(27)22(5-2)23(19(3)29)25(26)28/h5,15-18,29H,4,6-14H2,1-3H3/b22-5?,23-19+. The SMILES string of the molecule is CC=C1C(=O)N(c2ccc(CCCCCCCCCCC)cc2)C(=O)/C1=C(\C)S. The third kappa shape index (κ3) is 6.33. The van der Waals surface area contributed by atoms with Crippen LogP contribution in [0.5, 0.6) is 0 Å². The van der Waals surface area contributed by atoms with Gasteiger partial charge in [0.2, 0.25) is 0 Å². The number of carbonyl (C=O) groups excluding carboxylic acids is 2. The van der Waals surface area contributed by atoms with Crippen LogP contribution in [-0.2, 0) is 16.0 Å². The number of thiol groups is 1. The smallest absolute Gasteiger partial charge is 0.266 e. The van der Waals surface area contributed by atoms with Crippen molar-refractivity contribution in [2.75, 3.05) is 4.90 Å². The van der Waals surface area contributed by atoms with Gasteiger partial charge in [-0.2, -0.15) is 0 Å². The number of benzene rings is 1. The van der Waals surface area contributed by atoms with Crippen LogP contribution in [0, 0.1) is 0 Å². The molecule has 0 aliphatic carbocycles. The highest BCUT2D eigenvalue weighted by molar-refractivity contribution is 7.84. The fraction of sp³-hybridized carbons (Fsp3) is 0.520. The summed E-state index contributed by atoms with van der Waals surface area (Å²) >= 11 is 4.30. The van der Waals surface area contributed by atoms with E-state index in [0.29, 0.717) is 21.7 Å². The minimum absolute atomic E-state index is 0.271. The zero-order chi connectivity index (χ0) is 21.2. The van der Waals surface area contributed by atoms with Gasteiger partial charge < -0.3 is 0 Å². The molecule has 0 saturated carbocycles. The van der Waals surface area contributed by atoms with Gasteiger partial charge in [-0.3, -0.25) is 9.59 Å². The van der Waals surface area contributed by atoms with E-state index in [1.165, 1.54) is 68.3 Å².